The number of rotatable bonds is 5. The maximum atomic E-state index is 12.4. The fourth-order valence-corrected chi connectivity index (χ4v) is 3.28. The Morgan fingerprint density at radius 3 is 2.64 bits per heavy atom. The minimum Gasteiger partial charge on any atom is -0.465 e. The average molecular weight is 372 g/mol. The number of imidazole rings is 1. The number of aryl methyl sites for hydroxylation is 3. The van der Waals surface area contributed by atoms with Crippen molar-refractivity contribution in [1.29, 1.82) is 0 Å². The molecule has 0 bridgehead atoms. The van der Waals surface area contributed by atoms with Crippen LogP contribution in [0.3, 0.4) is 0 Å². The Labute approximate surface area is 162 Å². The summed E-state index contributed by atoms with van der Waals surface area (Å²) in [6.07, 6.45) is 8.83. The fourth-order valence-electron chi connectivity index (χ4n) is 3.28. The van der Waals surface area contributed by atoms with Gasteiger partial charge in [0.15, 0.2) is 0 Å². The molecule has 6 heteroatoms. The molecule has 0 fully saturated rings. The smallest absolute Gasteiger partial charge is 0.338 e. The molecular formula is C22H20N4O2. The molecule has 140 valence electrons. The van der Waals surface area contributed by atoms with Crippen LogP contribution < -0.4 is 0 Å². The van der Waals surface area contributed by atoms with E-state index in [1.54, 1.807) is 24.8 Å². The second kappa shape index (κ2) is 7.60. The van der Waals surface area contributed by atoms with E-state index in [4.69, 9.17) is 9.72 Å². The number of carbonyl (C=O) groups is 1. The number of ether oxygens (including phenoxy) is 1. The lowest BCUT2D eigenvalue weighted by Gasteiger charge is -2.10. The molecular weight excluding hydrogens is 352 g/mol. The number of methoxy groups -OCH3 is 1. The predicted octanol–water partition coefficient (Wildman–Crippen LogP) is 3.60. The van der Waals surface area contributed by atoms with Crippen LogP contribution in [0.5, 0.6) is 0 Å². The summed E-state index contributed by atoms with van der Waals surface area (Å²) in [7, 11) is 3.29. The highest BCUT2D eigenvalue weighted by Crippen LogP contribution is 2.26. The first-order valence-corrected chi connectivity index (χ1v) is 9.03. The van der Waals surface area contributed by atoms with E-state index in [-0.39, 0.29) is 5.97 Å². The number of nitrogens with zero attached hydrogens (tertiary/aromatic N) is 4. The lowest BCUT2D eigenvalue weighted by molar-refractivity contribution is 0.0603. The van der Waals surface area contributed by atoms with Crippen molar-refractivity contribution in [2.45, 2.75) is 12.8 Å². The molecule has 28 heavy (non-hydrogen) atoms. The van der Waals surface area contributed by atoms with Crippen LogP contribution in [-0.4, -0.2) is 32.6 Å². The summed E-state index contributed by atoms with van der Waals surface area (Å²) >= 11 is 0. The van der Waals surface area contributed by atoms with Gasteiger partial charge in [-0.25, -0.2) is 14.8 Å². The van der Waals surface area contributed by atoms with Gasteiger partial charge < -0.3 is 9.30 Å². The molecule has 0 radical (unpaired) electrons. The summed E-state index contributed by atoms with van der Waals surface area (Å²) in [6, 6.07) is 11.8. The topological polar surface area (TPSA) is 69.9 Å². The standard InChI is InChI=1S/C22H20N4O2/c1-26-14-24-13-21(26)20-11-18(22(27)28-2)17-10-15(7-8-19(17)25-20)5-6-16-4-3-9-23-12-16/h3-4,7-14H,5-6H2,1-2H3. The quantitative estimate of drug-likeness (QED) is 0.501. The molecule has 0 atom stereocenters. The van der Waals surface area contributed by atoms with Crippen molar-refractivity contribution in [2.75, 3.05) is 7.11 Å². The van der Waals surface area contributed by atoms with E-state index in [2.05, 4.69) is 22.1 Å². The molecule has 0 N–H and O–H groups in total. The van der Waals surface area contributed by atoms with Gasteiger partial charge >= 0.3 is 5.97 Å². The van der Waals surface area contributed by atoms with Gasteiger partial charge in [-0.05, 0) is 48.2 Å². The Morgan fingerprint density at radius 2 is 1.93 bits per heavy atom. The highest BCUT2D eigenvalue weighted by Gasteiger charge is 2.16. The van der Waals surface area contributed by atoms with E-state index in [1.165, 1.54) is 12.7 Å². The summed E-state index contributed by atoms with van der Waals surface area (Å²) in [4.78, 5) is 25.5. The number of hydrogen-bond donors (Lipinski definition) is 0. The number of pyridine rings is 2. The zero-order valence-corrected chi connectivity index (χ0v) is 15.8. The predicted molar refractivity (Wildman–Crippen MR) is 107 cm³/mol. The third-order valence-electron chi connectivity index (χ3n) is 4.78. The molecule has 0 aliphatic carbocycles. The van der Waals surface area contributed by atoms with Gasteiger partial charge in [-0.2, -0.15) is 0 Å². The number of carbonyl (C=O) groups excluding carboxylic acids is 1. The zero-order chi connectivity index (χ0) is 19.5. The molecule has 6 nitrogen and oxygen atoms in total. The largest absolute Gasteiger partial charge is 0.465 e. The van der Waals surface area contributed by atoms with Gasteiger partial charge in [0.05, 0.1) is 42.1 Å². The van der Waals surface area contributed by atoms with Crippen molar-refractivity contribution >= 4 is 16.9 Å². The first-order valence-electron chi connectivity index (χ1n) is 9.03. The Balaban J connectivity index is 1.75. The molecule has 3 heterocycles. The summed E-state index contributed by atoms with van der Waals surface area (Å²) in [6.45, 7) is 0. The molecule has 4 rings (SSSR count). The number of hydrogen-bond acceptors (Lipinski definition) is 5. The normalized spacial score (nSPS) is 10.9. The van der Waals surface area contributed by atoms with Gasteiger partial charge in [-0.15, -0.1) is 0 Å². The zero-order valence-electron chi connectivity index (χ0n) is 15.8. The van der Waals surface area contributed by atoms with Crippen LogP contribution >= 0.6 is 0 Å². The summed E-state index contributed by atoms with van der Waals surface area (Å²) in [5.41, 5.74) is 5.11. The summed E-state index contributed by atoms with van der Waals surface area (Å²) < 4.78 is 6.89. The number of benzene rings is 1. The first-order chi connectivity index (χ1) is 13.7. The Hall–Kier alpha value is -3.54. The molecule has 0 saturated heterocycles. The van der Waals surface area contributed by atoms with Gasteiger partial charge in [-0.1, -0.05) is 12.1 Å². The highest BCUT2D eigenvalue weighted by molar-refractivity contribution is 6.04. The third-order valence-corrected chi connectivity index (χ3v) is 4.78. The van der Waals surface area contributed by atoms with Crippen molar-refractivity contribution in [3.63, 3.8) is 0 Å². The first kappa shape index (κ1) is 17.9. The second-order valence-electron chi connectivity index (χ2n) is 6.65. The summed E-state index contributed by atoms with van der Waals surface area (Å²) in [5.74, 6) is -0.375. The van der Waals surface area contributed by atoms with E-state index in [9.17, 15) is 4.79 Å². The second-order valence-corrected chi connectivity index (χ2v) is 6.65. The summed E-state index contributed by atoms with van der Waals surface area (Å²) in [5, 5.41) is 0.793. The lowest BCUT2D eigenvalue weighted by atomic mass is 10.0. The molecule has 0 aliphatic rings. The molecule has 1 aromatic carbocycles. The molecule has 4 aromatic rings. The maximum absolute atomic E-state index is 12.4. The SMILES string of the molecule is COC(=O)c1cc(-c2cncn2C)nc2ccc(CCc3cccnc3)cc12. The molecule has 0 unspecified atom stereocenters. The van der Waals surface area contributed by atoms with Crippen LogP contribution in [-0.2, 0) is 24.6 Å². The van der Waals surface area contributed by atoms with Crippen molar-refractivity contribution < 1.29 is 9.53 Å². The van der Waals surface area contributed by atoms with E-state index < -0.39 is 0 Å². The van der Waals surface area contributed by atoms with Crippen LogP contribution in [0.4, 0.5) is 0 Å². The van der Waals surface area contributed by atoms with Gasteiger partial charge in [0, 0.05) is 24.8 Å². The average Bonchev–Trinajstić information content (AvgIpc) is 3.17. The van der Waals surface area contributed by atoms with Crippen LogP contribution in [0.15, 0.2) is 61.3 Å². The van der Waals surface area contributed by atoms with E-state index in [1.807, 2.05) is 36.0 Å². The molecule has 0 aliphatic heterocycles. The monoisotopic (exact) mass is 372 g/mol. The third kappa shape index (κ3) is 3.49. The molecule has 0 saturated carbocycles. The van der Waals surface area contributed by atoms with Crippen molar-refractivity contribution in [3.8, 4) is 11.4 Å². The number of aromatic nitrogens is 4. The minimum atomic E-state index is -0.375. The number of esters is 1. The molecule has 0 amide bonds. The molecule has 3 aromatic heterocycles. The Kier molecular flexibility index (Phi) is 4.85. The lowest BCUT2D eigenvalue weighted by Crippen LogP contribution is -2.05. The Bertz CT molecular complexity index is 1140. The van der Waals surface area contributed by atoms with Crippen molar-refractivity contribution in [3.05, 3.63) is 78.0 Å². The van der Waals surface area contributed by atoms with Gasteiger partial charge in [0.2, 0.25) is 0 Å². The van der Waals surface area contributed by atoms with Crippen molar-refractivity contribution in [2.24, 2.45) is 7.05 Å². The Morgan fingerprint density at radius 1 is 1.07 bits per heavy atom. The van der Waals surface area contributed by atoms with Crippen LogP contribution in [0.1, 0.15) is 21.5 Å². The molecule has 0 spiro atoms. The van der Waals surface area contributed by atoms with E-state index in [0.717, 1.165) is 35.0 Å². The van der Waals surface area contributed by atoms with Gasteiger partial charge in [0.1, 0.15) is 0 Å². The van der Waals surface area contributed by atoms with Gasteiger partial charge in [-0.3, -0.25) is 4.98 Å². The van der Waals surface area contributed by atoms with Crippen molar-refractivity contribution in [1.82, 2.24) is 19.5 Å². The fraction of sp³-hybridized carbons (Fsp3) is 0.182. The van der Waals surface area contributed by atoms with E-state index in [0.29, 0.717) is 11.3 Å². The maximum Gasteiger partial charge on any atom is 0.338 e. The van der Waals surface area contributed by atoms with E-state index >= 15 is 0 Å². The minimum absolute atomic E-state index is 0.375. The van der Waals surface area contributed by atoms with Gasteiger partial charge in [0.25, 0.3) is 0 Å². The number of fused-ring (bicyclic) bond motifs is 1. The van der Waals surface area contributed by atoms with Crippen LogP contribution in [0.2, 0.25) is 0 Å². The highest BCUT2D eigenvalue weighted by atomic mass is 16.5. The van der Waals surface area contributed by atoms with Crippen LogP contribution in [0, 0.1) is 0 Å². The van der Waals surface area contributed by atoms with Crippen LogP contribution in [0.25, 0.3) is 22.3 Å².